The topological polar surface area (TPSA) is 87.1 Å². The van der Waals surface area contributed by atoms with Gasteiger partial charge in [-0.3, -0.25) is 14.8 Å². The Morgan fingerprint density at radius 1 is 1.14 bits per heavy atom. The molecular weight excluding hydrogens is 274 g/mol. The van der Waals surface area contributed by atoms with Crippen LogP contribution in [0, 0.1) is 11.8 Å². The predicted octanol–water partition coefficient (Wildman–Crippen LogP) is 1.28. The Labute approximate surface area is 121 Å². The van der Waals surface area contributed by atoms with Crippen molar-refractivity contribution >= 4 is 11.9 Å². The molecule has 2 N–H and O–H groups in total. The smallest absolute Gasteiger partial charge is 0.310 e. The van der Waals surface area contributed by atoms with Gasteiger partial charge < -0.3 is 9.84 Å². The zero-order chi connectivity index (χ0) is 15.0. The van der Waals surface area contributed by atoms with Gasteiger partial charge in [-0.2, -0.15) is 0 Å². The number of amides is 1. The van der Waals surface area contributed by atoms with Crippen LogP contribution < -0.4 is 0 Å². The fraction of sp³-hybridized carbons (Fsp3) is 0.467. The monoisotopic (exact) mass is 291 g/mol. The standard InChI is InChI=1S/C15H17NO5/c17-14(16(20)8-9-4-2-1-3-5-9)12-10-6-7-11(21-10)13(12)15(18)19/h1-5,10-13,20H,6-8H2,(H,18,19). The first-order valence-electron chi connectivity index (χ1n) is 7.00. The number of aliphatic carboxylic acids is 1. The van der Waals surface area contributed by atoms with Gasteiger partial charge in [0.15, 0.2) is 0 Å². The molecular formula is C15H17NO5. The summed E-state index contributed by atoms with van der Waals surface area (Å²) in [6.45, 7) is 0.0416. The lowest BCUT2D eigenvalue weighted by atomic mass is 9.78. The third-order valence-electron chi connectivity index (χ3n) is 4.27. The van der Waals surface area contributed by atoms with E-state index in [1.807, 2.05) is 18.2 Å². The van der Waals surface area contributed by atoms with Crippen LogP contribution in [0.2, 0.25) is 0 Å². The van der Waals surface area contributed by atoms with Gasteiger partial charge in [0.2, 0.25) is 0 Å². The number of carboxylic acids is 1. The summed E-state index contributed by atoms with van der Waals surface area (Å²) in [6.07, 6.45) is 0.528. The number of hydroxylamine groups is 2. The van der Waals surface area contributed by atoms with Gasteiger partial charge in [-0.05, 0) is 18.4 Å². The molecule has 2 heterocycles. The van der Waals surface area contributed by atoms with Crippen molar-refractivity contribution in [2.75, 3.05) is 0 Å². The number of hydrogen-bond donors (Lipinski definition) is 2. The Kier molecular flexibility index (Phi) is 3.65. The van der Waals surface area contributed by atoms with Crippen molar-refractivity contribution < 1.29 is 24.6 Å². The van der Waals surface area contributed by atoms with E-state index in [9.17, 15) is 19.9 Å². The Hall–Kier alpha value is -1.92. The second kappa shape index (κ2) is 5.46. The number of carbonyl (C=O) groups excluding carboxylic acids is 1. The third kappa shape index (κ3) is 2.52. The van der Waals surface area contributed by atoms with E-state index in [1.165, 1.54) is 0 Å². The van der Waals surface area contributed by atoms with Crippen LogP contribution in [0.5, 0.6) is 0 Å². The molecule has 2 aliphatic heterocycles. The molecule has 2 aliphatic rings. The molecule has 0 saturated carbocycles. The molecule has 0 radical (unpaired) electrons. The van der Waals surface area contributed by atoms with E-state index in [0.29, 0.717) is 17.9 Å². The predicted molar refractivity (Wildman–Crippen MR) is 71.3 cm³/mol. The molecule has 6 heteroatoms. The van der Waals surface area contributed by atoms with E-state index in [1.54, 1.807) is 12.1 Å². The summed E-state index contributed by atoms with van der Waals surface area (Å²) in [5, 5.41) is 19.9. The van der Waals surface area contributed by atoms with E-state index >= 15 is 0 Å². The molecule has 4 unspecified atom stereocenters. The maximum absolute atomic E-state index is 12.4. The number of hydrogen-bond acceptors (Lipinski definition) is 4. The van der Waals surface area contributed by atoms with Crippen LogP contribution >= 0.6 is 0 Å². The number of nitrogens with zero attached hydrogens (tertiary/aromatic N) is 1. The highest BCUT2D eigenvalue weighted by Crippen LogP contribution is 2.44. The highest BCUT2D eigenvalue weighted by molar-refractivity contribution is 5.86. The van der Waals surface area contributed by atoms with Crippen molar-refractivity contribution in [2.24, 2.45) is 11.8 Å². The maximum atomic E-state index is 12.4. The number of carboxylic acid groups (broad SMARTS) is 1. The van der Waals surface area contributed by atoms with Crippen LogP contribution in [-0.4, -0.2) is 39.5 Å². The molecule has 21 heavy (non-hydrogen) atoms. The van der Waals surface area contributed by atoms with Gasteiger partial charge in [0, 0.05) is 0 Å². The average Bonchev–Trinajstić information content (AvgIpc) is 3.08. The normalized spacial score (nSPS) is 30.3. The molecule has 2 bridgehead atoms. The summed E-state index contributed by atoms with van der Waals surface area (Å²) in [5.41, 5.74) is 0.782. The zero-order valence-electron chi connectivity index (χ0n) is 11.4. The van der Waals surface area contributed by atoms with Crippen LogP contribution in [-0.2, 0) is 20.9 Å². The SMILES string of the molecule is O=C(O)C1C2CCC(O2)C1C(=O)N(O)Cc1ccccc1. The molecule has 4 atom stereocenters. The number of rotatable bonds is 4. The molecule has 0 spiro atoms. The first-order valence-corrected chi connectivity index (χ1v) is 7.00. The van der Waals surface area contributed by atoms with Gasteiger partial charge in [-0.1, -0.05) is 30.3 Å². The van der Waals surface area contributed by atoms with Gasteiger partial charge >= 0.3 is 5.97 Å². The van der Waals surface area contributed by atoms with Crippen LogP contribution in [0.25, 0.3) is 0 Å². The largest absolute Gasteiger partial charge is 0.481 e. The van der Waals surface area contributed by atoms with E-state index in [-0.39, 0.29) is 6.54 Å². The van der Waals surface area contributed by atoms with Crippen LogP contribution in [0.3, 0.4) is 0 Å². The van der Waals surface area contributed by atoms with Crippen molar-refractivity contribution in [3.8, 4) is 0 Å². The molecule has 1 amide bonds. The number of ether oxygens (including phenoxy) is 1. The number of fused-ring (bicyclic) bond motifs is 2. The summed E-state index contributed by atoms with van der Waals surface area (Å²) in [5.74, 6) is -3.26. The highest BCUT2D eigenvalue weighted by atomic mass is 16.5. The minimum atomic E-state index is -1.03. The second-order valence-electron chi connectivity index (χ2n) is 5.56. The fourth-order valence-corrected chi connectivity index (χ4v) is 3.31. The molecule has 2 saturated heterocycles. The van der Waals surface area contributed by atoms with Gasteiger partial charge in [0.05, 0.1) is 30.6 Å². The maximum Gasteiger partial charge on any atom is 0.310 e. The van der Waals surface area contributed by atoms with Crippen LogP contribution in [0.15, 0.2) is 30.3 Å². The zero-order valence-corrected chi connectivity index (χ0v) is 11.4. The Morgan fingerprint density at radius 2 is 1.76 bits per heavy atom. The first kappa shape index (κ1) is 14.0. The van der Waals surface area contributed by atoms with Gasteiger partial charge in [0.25, 0.3) is 5.91 Å². The molecule has 1 aromatic carbocycles. The summed E-state index contributed by atoms with van der Waals surface area (Å²) < 4.78 is 5.54. The Morgan fingerprint density at radius 3 is 2.38 bits per heavy atom. The summed E-state index contributed by atoms with van der Waals surface area (Å²) in [7, 11) is 0. The molecule has 0 aromatic heterocycles. The minimum absolute atomic E-state index is 0.0416. The van der Waals surface area contributed by atoms with Crippen LogP contribution in [0.4, 0.5) is 0 Å². The molecule has 0 aliphatic carbocycles. The van der Waals surface area contributed by atoms with Gasteiger partial charge in [0.1, 0.15) is 0 Å². The molecule has 2 fully saturated rings. The van der Waals surface area contributed by atoms with Crippen LogP contribution in [0.1, 0.15) is 18.4 Å². The highest BCUT2D eigenvalue weighted by Gasteiger charge is 2.56. The Balaban J connectivity index is 1.73. The van der Waals surface area contributed by atoms with E-state index in [2.05, 4.69) is 0 Å². The molecule has 1 aromatic rings. The van der Waals surface area contributed by atoms with Crippen molar-refractivity contribution in [1.29, 1.82) is 0 Å². The van der Waals surface area contributed by atoms with Crippen molar-refractivity contribution in [1.82, 2.24) is 5.06 Å². The third-order valence-corrected chi connectivity index (χ3v) is 4.27. The first-order chi connectivity index (χ1) is 10.1. The minimum Gasteiger partial charge on any atom is -0.481 e. The fourth-order valence-electron chi connectivity index (χ4n) is 3.31. The van der Waals surface area contributed by atoms with E-state index in [0.717, 1.165) is 5.56 Å². The van der Waals surface area contributed by atoms with Gasteiger partial charge in [-0.25, -0.2) is 5.06 Å². The van der Waals surface area contributed by atoms with E-state index in [4.69, 9.17) is 4.74 Å². The lowest BCUT2D eigenvalue weighted by Crippen LogP contribution is -2.44. The number of carbonyl (C=O) groups is 2. The van der Waals surface area contributed by atoms with Crippen molar-refractivity contribution in [3.63, 3.8) is 0 Å². The lowest BCUT2D eigenvalue weighted by molar-refractivity contribution is -0.178. The summed E-state index contributed by atoms with van der Waals surface area (Å²) in [4.78, 5) is 23.7. The molecule has 6 nitrogen and oxygen atoms in total. The van der Waals surface area contributed by atoms with E-state index < -0.39 is 35.9 Å². The lowest BCUT2D eigenvalue weighted by Gasteiger charge is -2.27. The summed E-state index contributed by atoms with van der Waals surface area (Å²) in [6, 6.07) is 9.06. The second-order valence-corrected chi connectivity index (χ2v) is 5.56. The molecule has 112 valence electrons. The van der Waals surface area contributed by atoms with Crippen molar-refractivity contribution in [3.05, 3.63) is 35.9 Å². The van der Waals surface area contributed by atoms with Gasteiger partial charge in [-0.15, -0.1) is 0 Å². The Bertz CT molecular complexity index is 546. The summed E-state index contributed by atoms with van der Waals surface area (Å²) >= 11 is 0. The molecule has 3 rings (SSSR count). The number of benzene rings is 1. The van der Waals surface area contributed by atoms with Crippen molar-refractivity contribution in [2.45, 2.75) is 31.6 Å². The quantitative estimate of drug-likeness (QED) is 0.644. The average molecular weight is 291 g/mol.